The highest BCUT2D eigenvalue weighted by atomic mass is 32.2. The van der Waals surface area contributed by atoms with Crippen LogP contribution in [0.1, 0.15) is 26.7 Å². The van der Waals surface area contributed by atoms with E-state index in [1.165, 1.54) is 0 Å². The third kappa shape index (κ3) is 7.20. The molecule has 0 aliphatic heterocycles. The van der Waals surface area contributed by atoms with E-state index in [9.17, 15) is 22.4 Å². The van der Waals surface area contributed by atoms with Crippen LogP contribution in [0.25, 0.3) is 0 Å². The highest BCUT2D eigenvalue weighted by Crippen LogP contribution is 2.09. The van der Waals surface area contributed by atoms with Crippen molar-refractivity contribution in [2.75, 3.05) is 6.54 Å². The number of hydrogen-bond acceptors (Lipinski definition) is 4. The zero-order valence-electron chi connectivity index (χ0n) is 12.9. The van der Waals surface area contributed by atoms with Gasteiger partial charge in [0.1, 0.15) is 5.82 Å². The van der Waals surface area contributed by atoms with Crippen molar-refractivity contribution in [3.8, 4) is 0 Å². The number of sulfonamides is 1. The van der Waals surface area contributed by atoms with Gasteiger partial charge in [0.2, 0.25) is 21.8 Å². The Labute approximate surface area is 134 Å². The van der Waals surface area contributed by atoms with Gasteiger partial charge in [-0.3, -0.25) is 20.4 Å². The van der Waals surface area contributed by atoms with Crippen molar-refractivity contribution in [3.63, 3.8) is 0 Å². The molecule has 0 fully saturated rings. The minimum absolute atomic E-state index is 0.0930. The third-order valence-corrected chi connectivity index (χ3v) is 4.18. The summed E-state index contributed by atoms with van der Waals surface area (Å²) in [5.41, 5.74) is 4.44. The maximum Gasteiger partial charge on any atom is 0.240 e. The first-order chi connectivity index (χ1) is 10.7. The number of rotatable bonds is 7. The van der Waals surface area contributed by atoms with Crippen molar-refractivity contribution in [2.24, 2.45) is 5.92 Å². The molecule has 1 aromatic rings. The average molecular weight is 345 g/mol. The van der Waals surface area contributed by atoms with E-state index < -0.39 is 21.7 Å². The number of benzene rings is 1. The van der Waals surface area contributed by atoms with E-state index in [4.69, 9.17) is 0 Å². The quantitative estimate of drug-likeness (QED) is 0.632. The highest BCUT2D eigenvalue weighted by Gasteiger charge is 2.14. The SMILES string of the molecule is CC(C)CC(=O)NNC(=O)CCNS(=O)(=O)c1ccc(F)cc1. The Hall–Kier alpha value is -2.00. The number of amides is 2. The van der Waals surface area contributed by atoms with Gasteiger partial charge in [0, 0.05) is 19.4 Å². The molecule has 0 atom stereocenters. The molecular weight excluding hydrogens is 325 g/mol. The molecule has 0 saturated heterocycles. The van der Waals surface area contributed by atoms with Crippen LogP contribution in [-0.4, -0.2) is 26.8 Å². The van der Waals surface area contributed by atoms with E-state index in [1.807, 2.05) is 13.8 Å². The molecule has 3 N–H and O–H groups in total. The molecule has 23 heavy (non-hydrogen) atoms. The second-order valence-corrected chi connectivity index (χ2v) is 7.06. The first-order valence-corrected chi connectivity index (χ1v) is 8.52. The number of hydrogen-bond donors (Lipinski definition) is 3. The maximum absolute atomic E-state index is 12.8. The lowest BCUT2D eigenvalue weighted by molar-refractivity contribution is -0.129. The monoisotopic (exact) mass is 345 g/mol. The van der Waals surface area contributed by atoms with Crippen molar-refractivity contribution in [1.29, 1.82) is 0 Å². The van der Waals surface area contributed by atoms with Crippen molar-refractivity contribution in [1.82, 2.24) is 15.6 Å². The highest BCUT2D eigenvalue weighted by molar-refractivity contribution is 7.89. The van der Waals surface area contributed by atoms with Crippen LogP contribution < -0.4 is 15.6 Å². The number of hydrazine groups is 1. The smallest absolute Gasteiger partial charge is 0.240 e. The molecule has 9 heteroatoms. The Morgan fingerprint density at radius 3 is 2.22 bits per heavy atom. The van der Waals surface area contributed by atoms with Crippen LogP contribution in [0.5, 0.6) is 0 Å². The molecule has 0 heterocycles. The van der Waals surface area contributed by atoms with Crippen LogP contribution in [0.2, 0.25) is 0 Å². The molecule has 0 aromatic heterocycles. The lowest BCUT2D eigenvalue weighted by Crippen LogP contribution is -2.43. The molecule has 2 amide bonds. The van der Waals surface area contributed by atoms with Gasteiger partial charge in [-0.2, -0.15) is 0 Å². The Morgan fingerprint density at radius 2 is 1.65 bits per heavy atom. The van der Waals surface area contributed by atoms with Crippen molar-refractivity contribution in [3.05, 3.63) is 30.1 Å². The topological polar surface area (TPSA) is 104 Å². The summed E-state index contributed by atoms with van der Waals surface area (Å²) in [6.45, 7) is 3.59. The Morgan fingerprint density at radius 1 is 1.09 bits per heavy atom. The second-order valence-electron chi connectivity index (χ2n) is 5.30. The van der Waals surface area contributed by atoms with Crippen LogP contribution >= 0.6 is 0 Å². The van der Waals surface area contributed by atoms with Crippen LogP contribution in [-0.2, 0) is 19.6 Å². The fourth-order valence-electron chi connectivity index (χ4n) is 1.62. The molecule has 0 aliphatic carbocycles. The van der Waals surface area contributed by atoms with E-state index in [-0.39, 0.29) is 36.1 Å². The minimum Gasteiger partial charge on any atom is -0.273 e. The molecule has 0 spiro atoms. The van der Waals surface area contributed by atoms with Crippen LogP contribution in [0.3, 0.4) is 0 Å². The lowest BCUT2D eigenvalue weighted by atomic mass is 10.1. The molecule has 0 aliphatic rings. The van der Waals surface area contributed by atoms with E-state index in [0.717, 1.165) is 24.3 Å². The van der Waals surface area contributed by atoms with Crippen LogP contribution in [0.4, 0.5) is 4.39 Å². The molecule has 128 valence electrons. The lowest BCUT2D eigenvalue weighted by Gasteiger charge is -2.09. The first kappa shape index (κ1) is 19.0. The van der Waals surface area contributed by atoms with E-state index >= 15 is 0 Å². The number of carbonyl (C=O) groups excluding carboxylic acids is 2. The molecule has 1 rings (SSSR count). The predicted molar refractivity (Wildman–Crippen MR) is 81.9 cm³/mol. The van der Waals surface area contributed by atoms with Gasteiger partial charge in [0.15, 0.2) is 0 Å². The molecule has 0 bridgehead atoms. The van der Waals surface area contributed by atoms with Gasteiger partial charge in [-0.05, 0) is 30.2 Å². The van der Waals surface area contributed by atoms with Crippen molar-refractivity contribution < 1.29 is 22.4 Å². The Bertz CT molecular complexity index is 644. The molecule has 0 saturated carbocycles. The zero-order valence-corrected chi connectivity index (χ0v) is 13.7. The molecule has 1 aromatic carbocycles. The fourth-order valence-corrected chi connectivity index (χ4v) is 2.65. The van der Waals surface area contributed by atoms with Gasteiger partial charge in [-0.25, -0.2) is 17.5 Å². The van der Waals surface area contributed by atoms with Gasteiger partial charge in [0.05, 0.1) is 4.90 Å². The standard InChI is InChI=1S/C14H20FN3O4S/c1-10(2)9-14(20)18-17-13(19)7-8-16-23(21,22)12-5-3-11(15)4-6-12/h3-6,10,16H,7-9H2,1-2H3,(H,17,19)(H,18,20). The van der Waals surface area contributed by atoms with Crippen LogP contribution in [0.15, 0.2) is 29.2 Å². The van der Waals surface area contributed by atoms with E-state index in [0.29, 0.717) is 0 Å². The molecule has 0 radical (unpaired) electrons. The van der Waals surface area contributed by atoms with Gasteiger partial charge in [0.25, 0.3) is 0 Å². The average Bonchev–Trinajstić information content (AvgIpc) is 2.44. The van der Waals surface area contributed by atoms with Crippen molar-refractivity contribution >= 4 is 21.8 Å². The van der Waals surface area contributed by atoms with Gasteiger partial charge in [-0.15, -0.1) is 0 Å². The maximum atomic E-state index is 12.8. The summed E-state index contributed by atoms with van der Waals surface area (Å²) in [6.07, 6.45) is 0.125. The normalized spacial score (nSPS) is 11.3. The second kappa shape index (κ2) is 8.59. The largest absolute Gasteiger partial charge is 0.273 e. The number of halogens is 1. The molecule has 7 nitrogen and oxygen atoms in total. The summed E-state index contributed by atoms with van der Waals surface area (Å²) in [5, 5.41) is 0. The van der Waals surface area contributed by atoms with E-state index in [2.05, 4.69) is 15.6 Å². The Kier molecular flexibility index (Phi) is 7.11. The summed E-state index contributed by atoms with van der Waals surface area (Å²) >= 11 is 0. The third-order valence-electron chi connectivity index (χ3n) is 2.70. The zero-order chi connectivity index (χ0) is 17.5. The van der Waals surface area contributed by atoms with Gasteiger partial charge < -0.3 is 0 Å². The van der Waals surface area contributed by atoms with E-state index in [1.54, 1.807) is 0 Å². The first-order valence-electron chi connectivity index (χ1n) is 7.03. The molecule has 0 unspecified atom stereocenters. The summed E-state index contributed by atoms with van der Waals surface area (Å²) in [4.78, 5) is 22.7. The Balaban J connectivity index is 2.36. The minimum atomic E-state index is -3.80. The van der Waals surface area contributed by atoms with Gasteiger partial charge >= 0.3 is 0 Å². The summed E-state index contributed by atoms with van der Waals surface area (Å²) < 4.78 is 38.7. The van der Waals surface area contributed by atoms with Crippen LogP contribution in [0, 0.1) is 11.7 Å². The summed E-state index contributed by atoms with van der Waals surface area (Å²) in [5.74, 6) is -1.22. The predicted octanol–water partition coefficient (Wildman–Crippen LogP) is 0.688. The number of carbonyl (C=O) groups is 2. The number of nitrogens with one attached hydrogen (secondary N) is 3. The van der Waals surface area contributed by atoms with Gasteiger partial charge in [-0.1, -0.05) is 13.8 Å². The fraction of sp³-hybridized carbons (Fsp3) is 0.429. The summed E-state index contributed by atoms with van der Waals surface area (Å²) in [6, 6.07) is 4.32. The summed E-state index contributed by atoms with van der Waals surface area (Å²) in [7, 11) is -3.80. The molecular formula is C14H20FN3O4S. The van der Waals surface area contributed by atoms with Crippen molar-refractivity contribution in [2.45, 2.75) is 31.6 Å².